The fourth-order valence-corrected chi connectivity index (χ4v) is 1.60. The average molecular weight is 203 g/mol. The quantitative estimate of drug-likeness (QED) is 0.793. The molecule has 0 radical (unpaired) electrons. The molecule has 1 aromatic heterocycles. The lowest BCUT2D eigenvalue weighted by atomic mass is 10.1. The minimum absolute atomic E-state index is 0.107. The number of nitrogens with one attached hydrogen (secondary N) is 1. The van der Waals surface area contributed by atoms with E-state index in [1.165, 1.54) is 0 Å². The Labute approximate surface area is 88.0 Å². The molecular formula is C11H13N3O. The normalized spacial score (nSPS) is 17.1. The third-order valence-electron chi connectivity index (χ3n) is 2.78. The van der Waals surface area contributed by atoms with Crippen LogP contribution in [0.1, 0.15) is 48.7 Å². The summed E-state index contributed by atoms with van der Waals surface area (Å²) in [6, 6.07) is 2.12. The summed E-state index contributed by atoms with van der Waals surface area (Å²) in [5, 5.41) is 8.85. The van der Waals surface area contributed by atoms with E-state index >= 15 is 0 Å². The minimum atomic E-state index is -0.315. The van der Waals surface area contributed by atoms with Crippen molar-refractivity contribution in [1.82, 2.24) is 9.97 Å². The second-order valence-electron chi connectivity index (χ2n) is 4.09. The first-order chi connectivity index (χ1) is 7.13. The lowest BCUT2D eigenvalue weighted by Gasteiger charge is -2.07. The number of nitriles is 1. The molecule has 1 fully saturated rings. The molecule has 0 bridgehead atoms. The van der Waals surface area contributed by atoms with Gasteiger partial charge < -0.3 is 4.98 Å². The zero-order valence-electron chi connectivity index (χ0n) is 8.87. The van der Waals surface area contributed by atoms with Gasteiger partial charge in [-0.2, -0.15) is 5.26 Å². The van der Waals surface area contributed by atoms with Crippen molar-refractivity contribution < 1.29 is 0 Å². The van der Waals surface area contributed by atoms with Crippen molar-refractivity contribution in [3.8, 4) is 6.07 Å². The summed E-state index contributed by atoms with van der Waals surface area (Å²) in [6.45, 7) is 3.48. The molecule has 0 spiro atoms. The van der Waals surface area contributed by atoms with Crippen LogP contribution in [0.3, 0.4) is 0 Å². The van der Waals surface area contributed by atoms with Crippen molar-refractivity contribution >= 4 is 0 Å². The van der Waals surface area contributed by atoms with E-state index in [0.717, 1.165) is 18.7 Å². The van der Waals surface area contributed by atoms with E-state index in [-0.39, 0.29) is 11.5 Å². The van der Waals surface area contributed by atoms with Gasteiger partial charge in [-0.3, -0.25) is 4.79 Å². The average Bonchev–Trinajstić information content (AvgIpc) is 3.04. The van der Waals surface area contributed by atoms with Gasteiger partial charge in [-0.1, -0.05) is 0 Å². The van der Waals surface area contributed by atoms with Crippen LogP contribution in [0.15, 0.2) is 4.79 Å². The molecule has 1 aliphatic rings. The fraction of sp³-hybridized carbons (Fsp3) is 0.545. The van der Waals surface area contributed by atoms with Gasteiger partial charge in [-0.25, -0.2) is 4.98 Å². The van der Waals surface area contributed by atoms with Gasteiger partial charge in [0.05, 0.1) is 17.7 Å². The van der Waals surface area contributed by atoms with E-state index in [0.29, 0.717) is 17.2 Å². The van der Waals surface area contributed by atoms with Gasteiger partial charge in [-0.15, -0.1) is 0 Å². The molecule has 78 valence electrons. The lowest BCUT2D eigenvalue weighted by Crippen LogP contribution is -2.18. The summed E-state index contributed by atoms with van der Waals surface area (Å²) in [4.78, 5) is 18.8. The molecule has 1 atom stereocenters. The van der Waals surface area contributed by atoms with Crippen LogP contribution in [0.2, 0.25) is 0 Å². The van der Waals surface area contributed by atoms with Crippen LogP contribution in [0.4, 0.5) is 0 Å². The maximum atomic E-state index is 11.6. The predicted molar refractivity (Wildman–Crippen MR) is 55.6 cm³/mol. The number of aromatic amines is 1. The second kappa shape index (κ2) is 3.50. The molecule has 0 aromatic carbocycles. The zero-order chi connectivity index (χ0) is 11.0. The van der Waals surface area contributed by atoms with Crippen LogP contribution in [0.25, 0.3) is 0 Å². The van der Waals surface area contributed by atoms with E-state index in [1.54, 1.807) is 13.8 Å². The highest BCUT2D eigenvalue weighted by molar-refractivity contribution is 5.25. The molecule has 1 aliphatic carbocycles. The number of hydrogen-bond acceptors (Lipinski definition) is 3. The number of nitrogens with zero attached hydrogens (tertiary/aromatic N) is 2. The Morgan fingerprint density at radius 1 is 1.60 bits per heavy atom. The molecule has 0 saturated heterocycles. The summed E-state index contributed by atoms with van der Waals surface area (Å²) in [5.41, 5.74) is 1.08. The summed E-state index contributed by atoms with van der Waals surface area (Å²) in [7, 11) is 0. The van der Waals surface area contributed by atoms with Crippen molar-refractivity contribution in [2.45, 2.75) is 38.5 Å². The fourth-order valence-electron chi connectivity index (χ4n) is 1.60. The maximum absolute atomic E-state index is 11.6. The Balaban J connectivity index is 2.52. The number of hydrogen-bond donors (Lipinski definition) is 1. The van der Waals surface area contributed by atoms with Crippen LogP contribution in [0.5, 0.6) is 0 Å². The SMILES string of the molecule is Cc1c(C(C)C#N)nc(C2CC2)[nH]c1=O. The topological polar surface area (TPSA) is 69.5 Å². The highest BCUT2D eigenvalue weighted by Crippen LogP contribution is 2.37. The molecule has 1 saturated carbocycles. The Kier molecular flexibility index (Phi) is 2.31. The Morgan fingerprint density at radius 3 is 2.80 bits per heavy atom. The molecule has 0 amide bonds. The number of H-pyrrole nitrogens is 1. The molecule has 4 heteroatoms. The number of rotatable bonds is 2. The van der Waals surface area contributed by atoms with Crippen molar-refractivity contribution in [3.63, 3.8) is 0 Å². The molecule has 4 nitrogen and oxygen atoms in total. The zero-order valence-corrected chi connectivity index (χ0v) is 8.87. The van der Waals surface area contributed by atoms with E-state index in [1.807, 2.05) is 0 Å². The van der Waals surface area contributed by atoms with Gasteiger partial charge in [0.15, 0.2) is 0 Å². The lowest BCUT2D eigenvalue weighted by molar-refractivity contribution is 0.811. The van der Waals surface area contributed by atoms with Crippen LogP contribution in [-0.2, 0) is 0 Å². The standard InChI is InChI=1S/C11H13N3O/c1-6(5-12)9-7(2)11(15)14-10(13-9)8-3-4-8/h6,8H,3-4H2,1-2H3,(H,13,14,15). The van der Waals surface area contributed by atoms with Crippen LogP contribution in [-0.4, -0.2) is 9.97 Å². The Bertz CT molecular complexity index is 480. The van der Waals surface area contributed by atoms with E-state index in [4.69, 9.17) is 5.26 Å². The van der Waals surface area contributed by atoms with Crippen LogP contribution < -0.4 is 5.56 Å². The Morgan fingerprint density at radius 2 is 2.27 bits per heavy atom. The first-order valence-electron chi connectivity index (χ1n) is 5.13. The molecule has 15 heavy (non-hydrogen) atoms. The largest absolute Gasteiger partial charge is 0.310 e. The highest BCUT2D eigenvalue weighted by Gasteiger charge is 2.27. The summed E-state index contributed by atoms with van der Waals surface area (Å²) in [6.07, 6.45) is 2.18. The van der Waals surface area contributed by atoms with Crippen molar-refractivity contribution in [2.24, 2.45) is 0 Å². The van der Waals surface area contributed by atoms with Crippen molar-refractivity contribution in [1.29, 1.82) is 5.26 Å². The van der Waals surface area contributed by atoms with Gasteiger partial charge in [0.2, 0.25) is 0 Å². The van der Waals surface area contributed by atoms with E-state index < -0.39 is 0 Å². The van der Waals surface area contributed by atoms with Crippen molar-refractivity contribution in [2.75, 3.05) is 0 Å². The van der Waals surface area contributed by atoms with Gasteiger partial charge in [0.1, 0.15) is 5.82 Å². The second-order valence-corrected chi connectivity index (χ2v) is 4.09. The third kappa shape index (κ3) is 1.78. The maximum Gasteiger partial charge on any atom is 0.254 e. The molecule has 1 unspecified atom stereocenters. The van der Waals surface area contributed by atoms with Crippen LogP contribution in [0, 0.1) is 18.3 Å². The molecular weight excluding hydrogens is 190 g/mol. The predicted octanol–water partition coefficient (Wildman–Crippen LogP) is 1.58. The molecule has 1 N–H and O–H groups in total. The third-order valence-corrected chi connectivity index (χ3v) is 2.78. The molecule has 1 aromatic rings. The summed E-state index contributed by atoms with van der Waals surface area (Å²) in [5.74, 6) is 0.843. The number of aromatic nitrogens is 2. The van der Waals surface area contributed by atoms with Gasteiger partial charge >= 0.3 is 0 Å². The van der Waals surface area contributed by atoms with E-state index in [2.05, 4.69) is 16.0 Å². The first kappa shape index (κ1) is 9.91. The summed E-state index contributed by atoms with van der Waals surface area (Å²) >= 11 is 0. The monoisotopic (exact) mass is 203 g/mol. The molecule has 0 aliphatic heterocycles. The summed E-state index contributed by atoms with van der Waals surface area (Å²) < 4.78 is 0. The molecule has 2 rings (SSSR count). The van der Waals surface area contributed by atoms with Gasteiger partial charge in [0, 0.05) is 11.5 Å². The van der Waals surface area contributed by atoms with Crippen LogP contribution >= 0.6 is 0 Å². The van der Waals surface area contributed by atoms with E-state index in [9.17, 15) is 4.79 Å². The van der Waals surface area contributed by atoms with Gasteiger partial charge in [-0.05, 0) is 26.7 Å². The Hall–Kier alpha value is -1.63. The smallest absolute Gasteiger partial charge is 0.254 e. The van der Waals surface area contributed by atoms with Gasteiger partial charge in [0.25, 0.3) is 5.56 Å². The first-order valence-corrected chi connectivity index (χ1v) is 5.13. The van der Waals surface area contributed by atoms with Crippen molar-refractivity contribution in [3.05, 3.63) is 27.4 Å². The molecule has 1 heterocycles. The minimum Gasteiger partial charge on any atom is -0.310 e. The highest BCUT2D eigenvalue weighted by atomic mass is 16.1.